The molecule has 1 aliphatic rings. The maximum atomic E-state index is 13.6. The molecule has 0 unspecified atom stereocenters. The van der Waals surface area contributed by atoms with Crippen molar-refractivity contribution in [1.29, 1.82) is 0 Å². The number of halogens is 1. The highest BCUT2D eigenvalue weighted by atomic mass is 32.2. The van der Waals surface area contributed by atoms with Gasteiger partial charge in [0.25, 0.3) is 0 Å². The van der Waals surface area contributed by atoms with Gasteiger partial charge in [-0.3, -0.25) is 0 Å². The van der Waals surface area contributed by atoms with Gasteiger partial charge < -0.3 is 19.9 Å². The molecule has 0 saturated carbocycles. The number of aromatic amines is 1. The zero-order valence-electron chi connectivity index (χ0n) is 17.7. The summed E-state index contributed by atoms with van der Waals surface area (Å²) in [6.45, 7) is 3.52. The van der Waals surface area contributed by atoms with Crippen LogP contribution in [0.2, 0.25) is 0 Å². The predicted octanol–water partition coefficient (Wildman–Crippen LogP) is 2.59. The van der Waals surface area contributed by atoms with Crippen LogP contribution in [0.25, 0.3) is 10.9 Å². The topological polar surface area (TPSA) is 77.7 Å². The number of anilines is 1. The molecule has 0 amide bonds. The highest BCUT2D eigenvalue weighted by molar-refractivity contribution is 7.89. The number of hydrogen-bond donors (Lipinski definition) is 2. The van der Waals surface area contributed by atoms with Crippen LogP contribution in [0.5, 0.6) is 5.75 Å². The van der Waals surface area contributed by atoms with E-state index in [2.05, 4.69) is 15.2 Å². The molecule has 9 heteroatoms. The molecular formula is C22H27FN4O3S. The molecule has 0 bridgehead atoms. The Balaban J connectivity index is 1.55. The van der Waals surface area contributed by atoms with E-state index in [0.717, 1.165) is 48.3 Å². The van der Waals surface area contributed by atoms with Crippen LogP contribution in [0, 0.1) is 5.82 Å². The highest BCUT2D eigenvalue weighted by Crippen LogP contribution is 2.32. The number of piperazine rings is 1. The van der Waals surface area contributed by atoms with Gasteiger partial charge in [-0.25, -0.2) is 17.1 Å². The number of sulfonamides is 1. The average Bonchev–Trinajstić information content (AvgIpc) is 3.19. The monoisotopic (exact) mass is 446 g/mol. The van der Waals surface area contributed by atoms with Gasteiger partial charge in [0.05, 0.1) is 17.7 Å². The zero-order valence-corrected chi connectivity index (χ0v) is 18.5. The number of methoxy groups -OCH3 is 1. The van der Waals surface area contributed by atoms with Crippen LogP contribution < -0.4 is 15.0 Å². The first-order valence-electron chi connectivity index (χ1n) is 10.3. The molecular weight excluding hydrogens is 419 g/mol. The Hall–Kier alpha value is -2.62. The summed E-state index contributed by atoms with van der Waals surface area (Å²) in [6.07, 6.45) is 2.28. The fraction of sp³-hybridized carbons (Fsp3) is 0.364. The lowest BCUT2D eigenvalue weighted by atomic mass is 10.1. The number of H-pyrrole nitrogens is 1. The molecule has 1 aromatic heterocycles. The minimum atomic E-state index is -3.69. The molecule has 2 heterocycles. The Morgan fingerprint density at radius 1 is 1.16 bits per heavy atom. The van der Waals surface area contributed by atoms with Crippen molar-refractivity contribution in [2.45, 2.75) is 11.3 Å². The fourth-order valence-corrected chi connectivity index (χ4v) is 5.11. The Morgan fingerprint density at radius 2 is 1.94 bits per heavy atom. The number of likely N-dealkylation sites (N-methyl/N-ethyl adjacent to an activating group) is 1. The van der Waals surface area contributed by atoms with Crippen molar-refractivity contribution in [1.82, 2.24) is 14.6 Å². The van der Waals surface area contributed by atoms with Gasteiger partial charge in [0.15, 0.2) is 0 Å². The molecule has 166 valence electrons. The van der Waals surface area contributed by atoms with E-state index in [1.54, 1.807) is 44.6 Å². The quantitative estimate of drug-likeness (QED) is 0.583. The van der Waals surface area contributed by atoms with Crippen LogP contribution in [-0.4, -0.2) is 64.6 Å². The number of ether oxygens (including phenoxy) is 1. The number of fused-ring (bicyclic) bond motifs is 1. The summed E-state index contributed by atoms with van der Waals surface area (Å²) in [6, 6.07) is 9.54. The van der Waals surface area contributed by atoms with Crippen LogP contribution in [0.1, 0.15) is 5.56 Å². The molecule has 31 heavy (non-hydrogen) atoms. The minimum Gasteiger partial charge on any atom is -0.495 e. The van der Waals surface area contributed by atoms with Crippen molar-refractivity contribution in [3.63, 3.8) is 0 Å². The van der Waals surface area contributed by atoms with Crippen molar-refractivity contribution in [3.8, 4) is 5.75 Å². The summed E-state index contributed by atoms with van der Waals surface area (Å²) in [7, 11) is -0.531. The van der Waals surface area contributed by atoms with Crippen LogP contribution in [0.4, 0.5) is 10.1 Å². The molecule has 0 spiro atoms. The molecule has 0 radical (unpaired) electrons. The largest absolute Gasteiger partial charge is 0.495 e. The molecule has 4 rings (SSSR count). The molecule has 1 fully saturated rings. The van der Waals surface area contributed by atoms with E-state index in [-0.39, 0.29) is 17.3 Å². The fourth-order valence-electron chi connectivity index (χ4n) is 3.92. The average molecular weight is 447 g/mol. The summed E-state index contributed by atoms with van der Waals surface area (Å²) < 4.78 is 46.9. The second-order valence-corrected chi connectivity index (χ2v) is 9.70. The van der Waals surface area contributed by atoms with Crippen molar-refractivity contribution in [2.75, 3.05) is 51.8 Å². The van der Waals surface area contributed by atoms with E-state index >= 15 is 0 Å². The molecule has 1 saturated heterocycles. The van der Waals surface area contributed by atoms with Crippen LogP contribution in [-0.2, 0) is 16.4 Å². The molecule has 0 atom stereocenters. The molecule has 7 nitrogen and oxygen atoms in total. The first-order valence-corrected chi connectivity index (χ1v) is 11.7. The normalized spacial score (nSPS) is 15.0. The SMILES string of the molecule is COc1ccc(S(=O)(=O)N(C)CCc2c[nH]c3ccc(F)cc23)cc1N1CCNCC1. The lowest BCUT2D eigenvalue weighted by Gasteiger charge is -2.31. The van der Waals surface area contributed by atoms with Gasteiger partial charge in [-0.1, -0.05) is 0 Å². The third-order valence-corrected chi connectivity index (χ3v) is 7.59. The molecule has 1 aliphatic heterocycles. The number of aromatic nitrogens is 1. The van der Waals surface area contributed by atoms with Gasteiger partial charge in [0.1, 0.15) is 11.6 Å². The van der Waals surface area contributed by atoms with E-state index in [0.29, 0.717) is 12.2 Å². The number of rotatable bonds is 7. The van der Waals surface area contributed by atoms with Gasteiger partial charge in [0.2, 0.25) is 10.0 Å². The second kappa shape index (κ2) is 8.86. The summed E-state index contributed by atoms with van der Waals surface area (Å²) in [5.74, 6) is 0.345. The number of nitrogens with one attached hydrogen (secondary N) is 2. The summed E-state index contributed by atoms with van der Waals surface area (Å²) in [5.41, 5.74) is 2.50. The lowest BCUT2D eigenvalue weighted by molar-refractivity contribution is 0.412. The second-order valence-electron chi connectivity index (χ2n) is 7.65. The van der Waals surface area contributed by atoms with Crippen molar-refractivity contribution >= 4 is 26.6 Å². The minimum absolute atomic E-state index is 0.231. The maximum absolute atomic E-state index is 13.6. The molecule has 2 N–H and O–H groups in total. The summed E-state index contributed by atoms with van der Waals surface area (Å²) in [4.78, 5) is 5.47. The first kappa shape index (κ1) is 21.6. The number of hydrogen-bond acceptors (Lipinski definition) is 5. The van der Waals surface area contributed by atoms with E-state index < -0.39 is 10.0 Å². The highest BCUT2D eigenvalue weighted by Gasteiger charge is 2.24. The maximum Gasteiger partial charge on any atom is 0.242 e. The molecule has 3 aromatic rings. The van der Waals surface area contributed by atoms with Gasteiger partial charge in [0, 0.05) is 56.9 Å². The molecule has 2 aromatic carbocycles. The Labute approximate surface area is 181 Å². The first-order chi connectivity index (χ1) is 14.9. The number of benzene rings is 2. The van der Waals surface area contributed by atoms with Crippen molar-refractivity contribution in [2.24, 2.45) is 0 Å². The van der Waals surface area contributed by atoms with Gasteiger partial charge in [-0.15, -0.1) is 0 Å². The van der Waals surface area contributed by atoms with E-state index in [4.69, 9.17) is 4.74 Å². The van der Waals surface area contributed by atoms with Gasteiger partial charge in [-0.2, -0.15) is 0 Å². The third kappa shape index (κ3) is 4.39. The Bertz CT molecular complexity index is 1170. The summed E-state index contributed by atoms with van der Waals surface area (Å²) >= 11 is 0. The Morgan fingerprint density at radius 3 is 2.68 bits per heavy atom. The summed E-state index contributed by atoms with van der Waals surface area (Å²) in [5, 5.41) is 4.07. The third-order valence-electron chi connectivity index (χ3n) is 5.74. The molecule has 0 aliphatic carbocycles. The van der Waals surface area contributed by atoms with E-state index in [1.165, 1.54) is 16.4 Å². The smallest absolute Gasteiger partial charge is 0.242 e. The predicted molar refractivity (Wildman–Crippen MR) is 120 cm³/mol. The number of nitrogens with zero attached hydrogens (tertiary/aromatic N) is 2. The lowest BCUT2D eigenvalue weighted by Crippen LogP contribution is -2.43. The van der Waals surface area contributed by atoms with Crippen LogP contribution in [0.15, 0.2) is 47.5 Å². The Kier molecular flexibility index (Phi) is 6.17. The van der Waals surface area contributed by atoms with Gasteiger partial charge >= 0.3 is 0 Å². The van der Waals surface area contributed by atoms with Crippen LogP contribution >= 0.6 is 0 Å². The van der Waals surface area contributed by atoms with Gasteiger partial charge in [-0.05, 0) is 48.4 Å². The van der Waals surface area contributed by atoms with Crippen molar-refractivity contribution < 1.29 is 17.5 Å². The van der Waals surface area contributed by atoms with E-state index in [9.17, 15) is 12.8 Å². The van der Waals surface area contributed by atoms with E-state index in [1.807, 2.05) is 0 Å². The standard InChI is InChI=1S/C22H27FN4O3S/c1-26(10-7-16-15-25-20-5-3-17(23)13-19(16)20)31(28,29)18-4-6-22(30-2)21(14-18)27-11-8-24-9-12-27/h3-6,13-15,24-25H,7-12H2,1-2H3. The van der Waals surface area contributed by atoms with Crippen LogP contribution in [0.3, 0.4) is 0 Å². The zero-order chi connectivity index (χ0) is 22.0. The van der Waals surface area contributed by atoms with Crippen molar-refractivity contribution in [3.05, 3.63) is 54.0 Å².